The Labute approximate surface area is 135 Å². The Balaban J connectivity index is 1.58. The van der Waals surface area contributed by atoms with E-state index in [9.17, 15) is 4.79 Å². The van der Waals surface area contributed by atoms with E-state index in [4.69, 9.17) is 4.52 Å². The average molecular weight is 314 g/mol. The zero-order valence-electron chi connectivity index (χ0n) is 13.4. The van der Waals surface area contributed by atoms with E-state index in [1.165, 1.54) is 5.56 Å². The van der Waals surface area contributed by atoms with Crippen LogP contribution in [0.3, 0.4) is 0 Å². The molecule has 1 atom stereocenters. The molecule has 1 N–H and O–H groups in total. The minimum atomic E-state index is -0.223. The van der Waals surface area contributed by atoms with Crippen molar-refractivity contribution in [2.75, 3.05) is 19.6 Å². The van der Waals surface area contributed by atoms with E-state index < -0.39 is 0 Å². The molecule has 1 amide bonds. The van der Waals surface area contributed by atoms with Gasteiger partial charge in [-0.15, -0.1) is 0 Å². The third kappa shape index (κ3) is 4.16. The highest BCUT2D eigenvalue weighted by Gasteiger charge is 2.31. The quantitative estimate of drug-likeness (QED) is 0.871. The van der Waals surface area contributed by atoms with E-state index in [0.717, 1.165) is 25.9 Å². The molecule has 6 heteroatoms. The van der Waals surface area contributed by atoms with Gasteiger partial charge in [0.1, 0.15) is 0 Å². The zero-order chi connectivity index (χ0) is 16.1. The van der Waals surface area contributed by atoms with Crippen LogP contribution in [-0.4, -0.2) is 46.6 Å². The van der Waals surface area contributed by atoms with Crippen LogP contribution >= 0.6 is 0 Å². The summed E-state index contributed by atoms with van der Waals surface area (Å²) < 4.78 is 5.17. The van der Waals surface area contributed by atoms with Crippen molar-refractivity contribution in [1.82, 2.24) is 20.4 Å². The minimum absolute atomic E-state index is 0.0480. The van der Waals surface area contributed by atoms with Crippen LogP contribution in [0.2, 0.25) is 0 Å². The predicted molar refractivity (Wildman–Crippen MR) is 85.9 cm³/mol. The fourth-order valence-electron chi connectivity index (χ4n) is 2.97. The first-order valence-electron chi connectivity index (χ1n) is 8.07. The second kappa shape index (κ2) is 7.37. The summed E-state index contributed by atoms with van der Waals surface area (Å²) in [6.07, 6.45) is 2.51. The molecule has 1 aliphatic rings. The van der Waals surface area contributed by atoms with Gasteiger partial charge in [-0.05, 0) is 31.9 Å². The monoisotopic (exact) mass is 314 g/mol. The fraction of sp³-hybridized carbons (Fsp3) is 0.471. The van der Waals surface area contributed by atoms with Crippen LogP contribution in [-0.2, 0) is 17.6 Å². The van der Waals surface area contributed by atoms with Gasteiger partial charge in [-0.1, -0.05) is 35.5 Å². The molecule has 0 saturated carbocycles. The molecule has 2 heterocycles. The first kappa shape index (κ1) is 15.7. The molecule has 1 unspecified atom stereocenters. The molecule has 0 bridgehead atoms. The van der Waals surface area contributed by atoms with E-state index in [2.05, 4.69) is 44.6 Å². The molecule has 1 aromatic carbocycles. The van der Waals surface area contributed by atoms with E-state index >= 15 is 0 Å². The molecule has 23 heavy (non-hydrogen) atoms. The maximum absolute atomic E-state index is 12.2. The number of carbonyl (C=O) groups is 1. The van der Waals surface area contributed by atoms with Crippen molar-refractivity contribution in [2.45, 2.75) is 32.2 Å². The van der Waals surface area contributed by atoms with Crippen molar-refractivity contribution < 1.29 is 9.32 Å². The van der Waals surface area contributed by atoms with E-state index in [0.29, 0.717) is 24.7 Å². The number of aryl methyl sites for hydroxylation is 2. The lowest BCUT2D eigenvalue weighted by atomic mass is 10.1. The molecule has 0 aliphatic carbocycles. The topological polar surface area (TPSA) is 71.3 Å². The predicted octanol–water partition coefficient (Wildman–Crippen LogP) is 1.35. The SMILES string of the molecule is Cc1noc(CC2C(=O)NCCN2CCCc2ccccc2)n1. The van der Waals surface area contributed by atoms with Crippen LogP contribution in [0.1, 0.15) is 23.7 Å². The van der Waals surface area contributed by atoms with Crippen LogP contribution in [0.25, 0.3) is 0 Å². The molecule has 0 radical (unpaired) electrons. The summed E-state index contributed by atoms with van der Waals surface area (Å²) in [5, 5.41) is 6.72. The molecule has 6 nitrogen and oxygen atoms in total. The summed E-state index contributed by atoms with van der Waals surface area (Å²) in [6.45, 7) is 4.23. The molecule has 3 rings (SSSR count). The van der Waals surface area contributed by atoms with E-state index in [1.807, 2.05) is 6.07 Å². The van der Waals surface area contributed by atoms with Gasteiger partial charge in [-0.3, -0.25) is 9.69 Å². The molecule has 1 saturated heterocycles. The number of amides is 1. The third-order valence-electron chi connectivity index (χ3n) is 4.13. The summed E-state index contributed by atoms with van der Waals surface area (Å²) in [5.41, 5.74) is 1.33. The molecule has 2 aromatic rings. The Bertz CT molecular complexity index is 641. The van der Waals surface area contributed by atoms with Gasteiger partial charge in [0.05, 0.1) is 12.5 Å². The van der Waals surface area contributed by atoms with Gasteiger partial charge < -0.3 is 9.84 Å². The molecule has 1 aromatic heterocycles. The molecule has 0 spiro atoms. The van der Waals surface area contributed by atoms with Crippen LogP contribution in [0.5, 0.6) is 0 Å². The third-order valence-corrected chi connectivity index (χ3v) is 4.13. The number of nitrogens with zero attached hydrogens (tertiary/aromatic N) is 3. The largest absolute Gasteiger partial charge is 0.353 e. The molecule has 1 fully saturated rings. The van der Waals surface area contributed by atoms with Crippen molar-refractivity contribution in [1.29, 1.82) is 0 Å². The molecular formula is C17H22N4O2. The lowest BCUT2D eigenvalue weighted by Crippen LogP contribution is -2.56. The molecular weight excluding hydrogens is 292 g/mol. The number of aromatic nitrogens is 2. The number of hydrogen-bond donors (Lipinski definition) is 1. The maximum atomic E-state index is 12.2. The Morgan fingerprint density at radius 2 is 2.17 bits per heavy atom. The van der Waals surface area contributed by atoms with Crippen LogP contribution < -0.4 is 5.32 Å². The highest BCUT2D eigenvalue weighted by Crippen LogP contribution is 2.13. The van der Waals surface area contributed by atoms with Crippen molar-refractivity contribution in [2.24, 2.45) is 0 Å². The van der Waals surface area contributed by atoms with Crippen LogP contribution in [0.4, 0.5) is 0 Å². The normalized spacial score (nSPS) is 18.8. The number of nitrogens with one attached hydrogen (secondary N) is 1. The van der Waals surface area contributed by atoms with Crippen molar-refractivity contribution in [3.05, 3.63) is 47.6 Å². The second-order valence-electron chi connectivity index (χ2n) is 5.87. The highest BCUT2D eigenvalue weighted by molar-refractivity contribution is 5.82. The number of piperazine rings is 1. The van der Waals surface area contributed by atoms with E-state index in [1.54, 1.807) is 6.92 Å². The summed E-state index contributed by atoms with van der Waals surface area (Å²) in [6, 6.07) is 10.2. The van der Waals surface area contributed by atoms with Gasteiger partial charge in [0.2, 0.25) is 11.8 Å². The van der Waals surface area contributed by atoms with E-state index in [-0.39, 0.29) is 11.9 Å². The lowest BCUT2D eigenvalue weighted by molar-refractivity contribution is -0.129. The number of benzene rings is 1. The average Bonchev–Trinajstić information content (AvgIpc) is 2.97. The van der Waals surface area contributed by atoms with Gasteiger partial charge in [0.25, 0.3) is 0 Å². The first-order chi connectivity index (χ1) is 11.2. The van der Waals surface area contributed by atoms with Gasteiger partial charge in [0.15, 0.2) is 5.82 Å². The second-order valence-corrected chi connectivity index (χ2v) is 5.87. The fourth-order valence-corrected chi connectivity index (χ4v) is 2.97. The summed E-state index contributed by atoms with van der Waals surface area (Å²) >= 11 is 0. The maximum Gasteiger partial charge on any atom is 0.237 e. The van der Waals surface area contributed by atoms with Gasteiger partial charge in [-0.2, -0.15) is 4.98 Å². The lowest BCUT2D eigenvalue weighted by Gasteiger charge is -2.34. The van der Waals surface area contributed by atoms with Gasteiger partial charge in [0, 0.05) is 13.1 Å². The van der Waals surface area contributed by atoms with Crippen molar-refractivity contribution >= 4 is 5.91 Å². The Kier molecular flexibility index (Phi) is 5.02. The highest BCUT2D eigenvalue weighted by atomic mass is 16.5. The zero-order valence-corrected chi connectivity index (χ0v) is 13.4. The summed E-state index contributed by atoms with van der Waals surface area (Å²) in [5.74, 6) is 1.18. The Hall–Kier alpha value is -2.21. The van der Waals surface area contributed by atoms with Crippen molar-refractivity contribution in [3.63, 3.8) is 0 Å². The van der Waals surface area contributed by atoms with Gasteiger partial charge in [-0.25, -0.2) is 0 Å². The number of hydrogen-bond acceptors (Lipinski definition) is 5. The number of carbonyl (C=O) groups excluding carboxylic acids is 1. The smallest absolute Gasteiger partial charge is 0.237 e. The van der Waals surface area contributed by atoms with Crippen molar-refractivity contribution in [3.8, 4) is 0 Å². The summed E-state index contributed by atoms with van der Waals surface area (Å²) in [4.78, 5) is 18.6. The minimum Gasteiger partial charge on any atom is -0.353 e. The Morgan fingerprint density at radius 3 is 2.91 bits per heavy atom. The van der Waals surface area contributed by atoms with Gasteiger partial charge >= 0.3 is 0 Å². The summed E-state index contributed by atoms with van der Waals surface area (Å²) in [7, 11) is 0. The number of rotatable bonds is 6. The van der Waals surface area contributed by atoms with Crippen LogP contribution in [0, 0.1) is 6.92 Å². The van der Waals surface area contributed by atoms with Crippen LogP contribution in [0.15, 0.2) is 34.9 Å². The Morgan fingerprint density at radius 1 is 1.35 bits per heavy atom. The standard InChI is InChI=1S/C17H22N4O2/c1-13-19-16(23-20-13)12-15-17(22)18-9-11-21(15)10-5-8-14-6-3-2-4-7-14/h2-4,6-7,15H,5,8-12H2,1H3,(H,18,22). The first-order valence-corrected chi connectivity index (χ1v) is 8.07. The molecule has 1 aliphatic heterocycles. The molecule has 122 valence electrons.